The zero-order valence-corrected chi connectivity index (χ0v) is 16.6. The number of hydrogen-bond donors (Lipinski definition) is 0. The lowest BCUT2D eigenvalue weighted by atomic mass is 10.1. The van der Waals surface area contributed by atoms with Crippen LogP contribution in [0.15, 0.2) is 65.6 Å². The number of thioether (sulfide) groups is 1. The predicted octanol–water partition coefficient (Wildman–Crippen LogP) is 6.30. The number of methoxy groups -OCH3 is 1. The molecule has 25 heavy (non-hydrogen) atoms. The van der Waals surface area contributed by atoms with Crippen molar-refractivity contribution in [3.63, 3.8) is 0 Å². The average molecular weight is 417 g/mol. The molecule has 3 aromatic rings. The SMILES string of the molecule is COc1ccc(CSc2cc(OCCCBr)cc3ccccc23)cc1. The molecule has 3 aromatic carbocycles. The Labute approximate surface area is 161 Å². The van der Waals surface area contributed by atoms with Crippen molar-refractivity contribution >= 4 is 38.5 Å². The fraction of sp³-hybridized carbons (Fsp3) is 0.238. The van der Waals surface area contributed by atoms with E-state index in [1.54, 1.807) is 7.11 Å². The van der Waals surface area contributed by atoms with Gasteiger partial charge in [0.2, 0.25) is 0 Å². The molecule has 0 aliphatic rings. The summed E-state index contributed by atoms with van der Waals surface area (Å²) in [6, 6.07) is 21.0. The van der Waals surface area contributed by atoms with Crippen LogP contribution >= 0.6 is 27.7 Å². The number of hydrogen-bond acceptors (Lipinski definition) is 3. The number of fused-ring (bicyclic) bond motifs is 1. The molecule has 0 fully saturated rings. The Balaban J connectivity index is 1.80. The number of ether oxygens (including phenoxy) is 2. The molecule has 0 radical (unpaired) electrons. The molecule has 0 aliphatic carbocycles. The van der Waals surface area contributed by atoms with Crippen LogP contribution < -0.4 is 9.47 Å². The molecule has 0 saturated carbocycles. The first-order chi connectivity index (χ1) is 12.3. The molecule has 0 aromatic heterocycles. The van der Waals surface area contributed by atoms with Crippen LogP contribution in [0.1, 0.15) is 12.0 Å². The van der Waals surface area contributed by atoms with Crippen LogP contribution in [0.25, 0.3) is 10.8 Å². The summed E-state index contributed by atoms with van der Waals surface area (Å²) >= 11 is 5.28. The van der Waals surface area contributed by atoms with E-state index in [1.807, 2.05) is 23.9 Å². The van der Waals surface area contributed by atoms with Crippen molar-refractivity contribution in [2.45, 2.75) is 17.1 Å². The van der Waals surface area contributed by atoms with E-state index in [2.05, 4.69) is 64.5 Å². The summed E-state index contributed by atoms with van der Waals surface area (Å²) in [4.78, 5) is 1.25. The predicted molar refractivity (Wildman–Crippen MR) is 110 cm³/mol. The molecule has 2 nitrogen and oxygen atoms in total. The average Bonchev–Trinajstić information content (AvgIpc) is 2.66. The molecule has 0 heterocycles. The topological polar surface area (TPSA) is 18.5 Å². The number of benzene rings is 3. The third-order valence-electron chi connectivity index (χ3n) is 3.90. The van der Waals surface area contributed by atoms with Crippen molar-refractivity contribution in [1.29, 1.82) is 0 Å². The Kier molecular flexibility index (Phi) is 6.65. The summed E-state index contributed by atoms with van der Waals surface area (Å²) in [5, 5.41) is 3.45. The molecule has 0 saturated heterocycles. The molecule has 0 N–H and O–H groups in total. The van der Waals surface area contributed by atoms with Crippen molar-refractivity contribution < 1.29 is 9.47 Å². The number of rotatable bonds is 8. The zero-order chi connectivity index (χ0) is 17.5. The van der Waals surface area contributed by atoms with Gasteiger partial charge in [0.1, 0.15) is 11.5 Å². The monoisotopic (exact) mass is 416 g/mol. The van der Waals surface area contributed by atoms with Crippen LogP contribution in [-0.4, -0.2) is 19.0 Å². The molecular weight excluding hydrogens is 396 g/mol. The lowest BCUT2D eigenvalue weighted by Crippen LogP contribution is -1.98. The molecule has 130 valence electrons. The molecule has 0 aliphatic heterocycles. The van der Waals surface area contributed by atoms with Gasteiger partial charge in [-0.2, -0.15) is 0 Å². The van der Waals surface area contributed by atoms with E-state index in [4.69, 9.17) is 9.47 Å². The highest BCUT2D eigenvalue weighted by Crippen LogP contribution is 2.34. The van der Waals surface area contributed by atoms with E-state index in [1.165, 1.54) is 21.2 Å². The van der Waals surface area contributed by atoms with Crippen molar-refractivity contribution in [2.24, 2.45) is 0 Å². The van der Waals surface area contributed by atoms with E-state index in [0.29, 0.717) is 0 Å². The summed E-state index contributed by atoms with van der Waals surface area (Å²) in [5.41, 5.74) is 1.28. The van der Waals surface area contributed by atoms with Crippen molar-refractivity contribution in [2.75, 3.05) is 19.0 Å². The normalized spacial score (nSPS) is 10.8. The quantitative estimate of drug-likeness (QED) is 0.243. The second kappa shape index (κ2) is 9.16. The van der Waals surface area contributed by atoms with E-state index in [0.717, 1.165) is 35.6 Å². The third kappa shape index (κ3) is 4.93. The van der Waals surface area contributed by atoms with Crippen molar-refractivity contribution in [3.8, 4) is 11.5 Å². The van der Waals surface area contributed by atoms with E-state index >= 15 is 0 Å². The lowest BCUT2D eigenvalue weighted by Gasteiger charge is -2.11. The Bertz CT molecular complexity index is 818. The highest BCUT2D eigenvalue weighted by molar-refractivity contribution is 9.09. The van der Waals surface area contributed by atoms with Crippen LogP contribution in [0.4, 0.5) is 0 Å². The molecule has 3 rings (SSSR count). The van der Waals surface area contributed by atoms with Crippen LogP contribution in [-0.2, 0) is 5.75 Å². The van der Waals surface area contributed by atoms with Gasteiger partial charge >= 0.3 is 0 Å². The van der Waals surface area contributed by atoms with Gasteiger partial charge in [-0.15, -0.1) is 11.8 Å². The Morgan fingerprint density at radius 2 is 1.76 bits per heavy atom. The Morgan fingerprint density at radius 3 is 2.52 bits per heavy atom. The summed E-state index contributed by atoms with van der Waals surface area (Å²) < 4.78 is 11.1. The molecule has 0 spiro atoms. The molecule has 0 atom stereocenters. The van der Waals surface area contributed by atoms with Gasteiger partial charge < -0.3 is 9.47 Å². The summed E-state index contributed by atoms with van der Waals surface area (Å²) in [7, 11) is 1.69. The molecule has 0 unspecified atom stereocenters. The van der Waals surface area contributed by atoms with Gasteiger partial charge in [-0.1, -0.05) is 52.3 Å². The lowest BCUT2D eigenvalue weighted by molar-refractivity contribution is 0.319. The molecule has 0 amide bonds. The first-order valence-corrected chi connectivity index (χ1v) is 10.4. The van der Waals surface area contributed by atoms with Gasteiger partial charge in [-0.25, -0.2) is 0 Å². The summed E-state index contributed by atoms with van der Waals surface area (Å²) in [6.45, 7) is 0.728. The smallest absolute Gasteiger partial charge is 0.121 e. The maximum Gasteiger partial charge on any atom is 0.121 e. The first kappa shape index (κ1) is 18.2. The molecule has 0 bridgehead atoms. The Morgan fingerprint density at radius 1 is 0.960 bits per heavy atom. The van der Waals surface area contributed by atoms with Crippen LogP contribution in [0, 0.1) is 0 Å². The highest BCUT2D eigenvalue weighted by Gasteiger charge is 2.06. The minimum Gasteiger partial charge on any atom is -0.497 e. The van der Waals surface area contributed by atoms with Gasteiger partial charge in [0.05, 0.1) is 13.7 Å². The van der Waals surface area contributed by atoms with Crippen LogP contribution in [0.3, 0.4) is 0 Å². The van der Waals surface area contributed by atoms with E-state index in [-0.39, 0.29) is 0 Å². The summed E-state index contributed by atoms with van der Waals surface area (Å²) in [6.07, 6.45) is 1.00. The van der Waals surface area contributed by atoms with Gasteiger partial charge in [0.25, 0.3) is 0 Å². The standard InChI is InChI=1S/C21H21BrO2S/c1-23-18-9-7-16(8-10-18)15-25-21-14-19(24-12-4-11-22)13-17-5-2-3-6-20(17)21/h2-3,5-10,13-14H,4,11-12,15H2,1H3. The minimum absolute atomic E-state index is 0.728. The number of alkyl halides is 1. The van der Waals surface area contributed by atoms with Crippen LogP contribution in [0.5, 0.6) is 11.5 Å². The number of halogens is 1. The maximum atomic E-state index is 5.92. The van der Waals surface area contributed by atoms with Crippen LogP contribution in [0.2, 0.25) is 0 Å². The van der Waals surface area contributed by atoms with Gasteiger partial charge in [0.15, 0.2) is 0 Å². The highest BCUT2D eigenvalue weighted by atomic mass is 79.9. The van der Waals surface area contributed by atoms with Crippen molar-refractivity contribution in [1.82, 2.24) is 0 Å². The summed E-state index contributed by atoms with van der Waals surface area (Å²) in [5.74, 6) is 2.75. The fourth-order valence-corrected chi connectivity index (χ4v) is 3.86. The van der Waals surface area contributed by atoms with Gasteiger partial charge in [-0.3, -0.25) is 0 Å². The van der Waals surface area contributed by atoms with Gasteiger partial charge in [-0.05, 0) is 47.0 Å². The third-order valence-corrected chi connectivity index (χ3v) is 5.58. The first-order valence-electron chi connectivity index (χ1n) is 8.27. The van der Waals surface area contributed by atoms with Crippen molar-refractivity contribution in [3.05, 3.63) is 66.2 Å². The fourth-order valence-electron chi connectivity index (χ4n) is 2.58. The minimum atomic E-state index is 0.728. The largest absolute Gasteiger partial charge is 0.497 e. The molecular formula is C21H21BrO2S. The van der Waals surface area contributed by atoms with Gasteiger partial charge in [0, 0.05) is 16.0 Å². The zero-order valence-electron chi connectivity index (χ0n) is 14.2. The second-order valence-electron chi connectivity index (χ2n) is 5.67. The second-order valence-corrected chi connectivity index (χ2v) is 7.48. The maximum absolute atomic E-state index is 5.92. The Hall–Kier alpha value is -1.65. The van der Waals surface area contributed by atoms with E-state index in [9.17, 15) is 0 Å². The molecule has 4 heteroatoms. The van der Waals surface area contributed by atoms with E-state index < -0.39 is 0 Å².